The van der Waals surface area contributed by atoms with Crippen LogP contribution in [0.4, 0.5) is 30.6 Å². The first-order chi connectivity index (χ1) is 23.3. The number of carbonyl (C=O) groups excluding carboxylic acids is 1. The second-order valence-corrected chi connectivity index (χ2v) is 12.6. The number of urea groups is 1. The average Bonchev–Trinajstić information content (AvgIpc) is 3.85. The quantitative estimate of drug-likeness (QED) is 0.238. The zero-order chi connectivity index (χ0) is 33.3. The van der Waals surface area contributed by atoms with Gasteiger partial charge in [-0.2, -0.15) is 5.10 Å². The second-order valence-electron chi connectivity index (χ2n) is 12.6. The van der Waals surface area contributed by atoms with Crippen molar-refractivity contribution in [2.45, 2.75) is 38.3 Å². The number of nitrogens with zero attached hydrogens (tertiary/aromatic N) is 7. The topological polar surface area (TPSA) is 88.4 Å². The summed E-state index contributed by atoms with van der Waals surface area (Å²) in [6, 6.07) is 19.9. The van der Waals surface area contributed by atoms with Gasteiger partial charge in [0, 0.05) is 74.0 Å². The molecular formula is C35H39F2N7O4. The third-order valence-corrected chi connectivity index (χ3v) is 9.22. The fourth-order valence-corrected chi connectivity index (χ4v) is 6.63. The SMILES string of the molecule is CC(C)N1CCN(c2ccc(N3CCN(c4ccc(OCC5OC[C@](Cn6cncn6)(c6ccc(F)cc6F)O5)cc4)CC3)cc2)C1=O. The third kappa shape index (κ3) is 6.52. The summed E-state index contributed by atoms with van der Waals surface area (Å²) in [5.41, 5.74) is 2.15. The van der Waals surface area contributed by atoms with E-state index in [-0.39, 0.29) is 37.4 Å². The van der Waals surface area contributed by atoms with Gasteiger partial charge in [0.15, 0.2) is 6.29 Å². The predicted octanol–water partition coefficient (Wildman–Crippen LogP) is 4.88. The van der Waals surface area contributed by atoms with Crippen LogP contribution in [-0.4, -0.2) is 90.5 Å². The van der Waals surface area contributed by atoms with E-state index in [1.165, 1.54) is 29.5 Å². The molecule has 3 saturated heterocycles. The minimum atomic E-state index is -1.23. The van der Waals surface area contributed by atoms with Crippen molar-refractivity contribution in [3.05, 3.63) is 96.6 Å². The standard InChI is InChI=1S/C35H39F2N7O4/c1-25(2)43-17-18-44(34(43)45)29-6-4-27(5-7-29)40-13-15-41(16-14-40)28-8-10-30(11-9-28)46-20-33-47-22-35(48-33,21-42-24-38-23-39-42)31-12-3-26(36)19-32(31)37/h3-12,19,23-25,33H,13-18,20-22H2,1-2H3/t33?,35-/m1/s1. The van der Waals surface area contributed by atoms with Crippen LogP contribution in [-0.2, 0) is 21.6 Å². The number of anilines is 3. The lowest BCUT2D eigenvalue weighted by atomic mass is 9.94. The van der Waals surface area contributed by atoms with E-state index in [1.54, 1.807) is 0 Å². The highest BCUT2D eigenvalue weighted by Gasteiger charge is 2.45. The zero-order valence-electron chi connectivity index (χ0n) is 27.0. The van der Waals surface area contributed by atoms with E-state index in [9.17, 15) is 13.6 Å². The first-order valence-corrected chi connectivity index (χ1v) is 16.3. The fourth-order valence-electron chi connectivity index (χ4n) is 6.63. The number of halogens is 2. The highest BCUT2D eigenvalue weighted by Crippen LogP contribution is 2.37. The number of hydrogen-bond donors (Lipinski definition) is 0. The lowest BCUT2D eigenvalue weighted by Gasteiger charge is -2.37. The molecule has 0 aliphatic carbocycles. The Morgan fingerprint density at radius 1 is 0.896 bits per heavy atom. The van der Waals surface area contributed by atoms with E-state index < -0.39 is 23.5 Å². The van der Waals surface area contributed by atoms with Crippen LogP contribution in [0.2, 0.25) is 0 Å². The zero-order valence-corrected chi connectivity index (χ0v) is 27.0. The number of amides is 2. The highest BCUT2D eigenvalue weighted by atomic mass is 19.1. The molecule has 13 heteroatoms. The molecule has 3 fully saturated rings. The Morgan fingerprint density at radius 3 is 2.17 bits per heavy atom. The van der Waals surface area contributed by atoms with E-state index >= 15 is 0 Å². The smallest absolute Gasteiger partial charge is 0.324 e. The fraction of sp³-hybridized carbons (Fsp3) is 0.400. The molecule has 3 aliphatic heterocycles. The Bertz CT molecular complexity index is 1700. The Balaban J connectivity index is 0.914. The minimum Gasteiger partial charge on any atom is -0.488 e. The summed E-state index contributed by atoms with van der Waals surface area (Å²) >= 11 is 0. The third-order valence-electron chi connectivity index (χ3n) is 9.22. The van der Waals surface area contributed by atoms with E-state index in [0.29, 0.717) is 12.3 Å². The Morgan fingerprint density at radius 2 is 1.56 bits per heavy atom. The summed E-state index contributed by atoms with van der Waals surface area (Å²) in [6.07, 6.45) is 2.12. The van der Waals surface area contributed by atoms with Crippen LogP contribution in [0.1, 0.15) is 19.4 Å². The van der Waals surface area contributed by atoms with Gasteiger partial charge in [-0.1, -0.05) is 6.07 Å². The Hall–Kier alpha value is -4.75. The molecule has 2 amide bonds. The van der Waals surface area contributed by atoms with Crippen molar-refractivity contribution >= 4 is 23.1 Å². The first-order valence-electron chi connectivity index (χ1n) is 16.3. The van der Waals surface area contributed by atoms with Gasteiger partial charge in [0.25, 0.3) is 0 Å². The Kier molecular flexibility index (Phi) is 8.88. The van der Waals surface area contributed by atoms with Gasteiger partial charge in [-0.05, 0) is 68.4 Å². The number of ether oxygens (including phenoxy) is 3. The van der Waals surface area contributed by atoms with Crippen LogP contribution in [0, 0.1) is 11.6 Å². The van der Waals surface area contributed by atoms with Gasteiger partial charge in [0.1, 0.15) is 42.2 Å². The molecule has 0 bridgehead atoms. The summed E-state index contributed by atoms with van der Waals surface area (Å²) in [5.74, 6) is -0.736. The number of aromatic nitrogens is 3. The largest absolute Gasteiger partial charge is 0.488 e. The summed E-state index contributed by atoms with van der Waals surface area (Å²) in [7, 11) is 0. The molecule has 2 atom stereocenters. The summed E-state index contributed by atoms with van der Waals surface area (Å²) in [6.45, 7) is 9.31. The van der Waals surface area contributed by atoms with Gasteiger partial charge in [-0.15, -0.1) is 0 Å². The molecule has 3 aromatic carbocycles. The number of piperazine rings is 1. The van der Waals surface area contributed by atoms with Crippen molar-refractivity contribution in [3.8, 4) is 5.75 Å². The molecule has 48 heavy (non-hydrogen) atoms. The van der Waals surface area contributed by atoms with Crippen molar-refractivity contribution in [1.82, 2.24) is 19.7 Å². The van der Waals surface area contributed by atoms with Crippen molar-refractivity contribution in [2.24, 2.45) is 0 Å². The normalized spacial score (nSPS) is 21.5. The van der Waals surface area contributed by atoms with E-state index in [1.807, 2.05) is 60.0 Å². The van der Waals surface area contributed by atoms with E-state index in [2.05, 4.69) is 32.0 Å². The molecule has 252 valence electrons. The lowest BCUT2D eigenvalue weighted by molar-refractivity contribution is -0.117. The summed E-state index contributed by atoms with van der Waals surface area (Å²) in [4.78, 5) is 25.2. The molecule has 3 aliphatic rings. The summed E-state index contributed by atoms with van der Waals surface area (Å²) in [5, 5.41) is 4.13. The first kappa shape index (κ1) is 31.8. The van der Waals surface area contributed by atoms with Crippen LogP contribution >= 0.6 is 0 Å². The molecule has 1 unspecified atom stereocenters. The number of hydrogen-bond acceptors (Lipinski definition) is 8. The van der Waals surface area contributed by atoms with E-state index in [4.69, 9.17) is 14.2 Å². The van der Waals surface area contributed by atoms with Crippen LogP contribution in [0.3, 0.4) is 0 Å². The monoisotopic (exact) mass is 659 g/mol. The van der Waals surface area contributed by atoms with Gasteiger partial charge in [-0.3, -0.25) is 4.90 Å². The van der Waals surface area contributed by atoms with Gasteiger partial charge < -0.3 is 28.9 Å². The highest BCUT2D eigenvalue weighted by molar-refractivity contribution is 5.94. The van der Waals surface area contributed by atoms with E-state index in [0.717, 1.165) is 55.9 Å². The molecule has 0 radical (unpaired) electrons. The average molecular weight is 660 g/mol. The minimum absolute atomic E-state index is 0.0354. The van der Waals surface area contributed by atoms with Gasteiger partial charge >= 0.3 is 6.03 Å². The maximum absolute atomic E-state index is 14.9. The van der Waals surface area contributed by atoms with Crippen molar-refractivity contribution in [2.75, 3.05) is 67.2 Å². The predicted molar refractivity (Wildman–Crippen MR) is 176 cm³/mol. The van der Waals surface area contributed by atoms with Crippen LogP contribution < -0.4 is 19.4 Å². The molecule has 1 aromatic heterocycles. The molecule has 7 rings (SSSR count). The molecule has 4 heterocycles. The molecule has 0 saturated carbocycles. The Labute approximate surface area is 278 Å². The molecular weight excluding hydrogens is 620 g/mol. The molecule has 0 spiro atoms. The number of benzene rings is 3. The number of rotatable bonds is 10. The van der Waals surface area contributed by atoms with Crippen molar-refractivity contribution in [1.29, 1.82) is 0 Å². The maximum atomic E-state index is 14.9. The molecule has 11 nitrogen and oxygen atoms in total. The summed E-state index contributed by atoms with van der Waals surface area (Å²) < 4.78 is 48.2. The molecule has 0 N–H and O–H groups in total. The second kappa shape index (κ2) is 13.4. The molecule has 4 aromatic rings. The number of carbonyl (C=O) groups is 1. The van der Waals surface area contributed by atoms with Crippen LogP contribution in [0.25, 0.3) is 0 Å². The van der Waals surface area contributed by atoms with Gasteiger partial charge in [0.05, 0.1) is 13.2 Å². The van der Waals surface area contributed by atoms with Crippen molar-refractivity contribution < 1.29 is 27.8 Å². The maximum Gasteiger partial charge on any atom is 0.324 e. The van der Waals surface area contributed by atoms with Crippen molar-refractivity contribution in [3.63, 3.8) is 0 Å². The van der Waals surface area contributed by atoms with Crippen LogP contribution in [0.5, 0.6) is 5.75 Å². The van der Waals surface area contributed by atoms with Gasteiger partial charge in [0.2, 0.25) is 0 Å². The van der Waals surface area contributed by atoms with Gasteiger partial charge in [-0.25, -0.2) is 23.2 Å². The lowest BCUT2D eigenvalue weighted by Crippen LogP contribution is -2.46. The van der Waals surface area contributed by atoms with Crippen LogP contribution in [0.15, 0.2) is 79.4 Å².